The Balaban J connectivity index is 2.59. The van der Waals surface area contributed by atoms with E-state index in [4.69, 9.17) is 5.11 Å². The number of halogens is 1. The van der Waals surface area contributed by atoms with Crippen LogP contribution >= 0.6 is 11.8 Å². The summed E-state index contributed by atoms with van der Waals surface area (Å²) >= 11 is 1.61. The van der Waals surface area contributed by atoms with Gasteiger partial charge in [0, 0.05) is 11.5 Å². The van der Waals surface area contributed by atoms with E-state index in [0.29, 0.717) is 5.75 Å². The zero-order chi connectivity index (χ0) is 9.68. The largest absolute Gasteiger partial charge is 0.396 e. The van der Waals surface area contributed by atoms with E-state index in [9.17, 15) is 4.39 Å². The molecule has 1 aromatic carbocycles. The van der Waals surface area contributed by atoms with Crippen LogP contribution in [0.1, 0.15) is 11.1 Å². The van der Waals surface area contributed by atoms with Gasteiger partial charge in [0.1, 0.15) is 5.82 Å². The molecule has 1 aromatic rings. The van der Waals surface area contributed by atoms with E-state index in [0.717, 1.165) is 16.9 Å². The van der Waals surface area contributed by atoms with Gasteiger partial charge in [0.15, 0.2) is 0 Å². The molecule has 1 N–H and O–H groups in total. The van der Waals surface area contributed by atoms with E-state index in [1.165, 1.54) is 6.07 Å². The summed E-state index contributed by atoms with van der Waals surface area (Å²) in [5.74, 6) is 1.28. The molecule has 13 heavy (non-hydrogen) atoms. The van der Waals surface area contributed by atoms with Crippen LogP contribution in [0.2, 0.25) is 0 Å². The number of hydrogen-bond donors (Lipinski definition) is 1. The summed E-state index contributed by atoms with van der Waals surface area (Å²) in [7, 11) is 0. The number of aliphatic hydroxyl groups is 1. The first-order valence-electron chi connectivity index (χ1n) is 4.17. The lowest BCUT2D eigenvalue weighted by atomic mass is 10.1. The monoisotopic (exact) mass is 200 g/mol. The van der Waals surface area contributed by atoms with Crippen molar-refractivity contribution in [3.63, 3.8) is 0 Å². The second-order valence-electron chi connectivity index (χ2n) is 2.85. The summed E-state index contributed by atoms with van der Waals surface area (Å²) in [5.41, 5.74) is 2.12. The van der Waals surface area contributed by atoms with Crippen molar-refractivity contribution in [2.45, 2.75) is 12.7 Å². The predicted molar refractivity (Wildman–Crippen MR) is 54.4 cm³/mol. The molecule has 0 spiro atoms. The van der Waals surface area contributed by atoms with Gasteiger partial charge in [-0.15, -0.1) is 0 Å². The number of aliphatic hydroxyl groups excluding tert-OH is 1. The average molecular weight is 200 g/mol. The second kappa shape index (κ2) is 5.25. The number of rotatable bonds is 4. The Morgan fingerprint density at radius 2 is 2.23 bits per heavy atom. The third-order valence-electron chi connectivity index (χ3n) is 1.80. The third kappa shape index (κ3) is 3.36. The van der Waals surface area contributed by atoms with Gasteiger partial charge in [0.05, 0.1) is 6.61 Å². The molecule has 0 radical (unpaired) electrons. The molecule has 0 heterocycles. The minimum absolute atomic E-state index is 0.180. The van der Waals surface area contributed by atoms with Gasteiger partial charge in [-0.3, -0.25) is 0 Å². The van der Waals surface area contributed by atoms with Crippen LogP contribution < -0.4 is 0 Å². The lowest BCUT2D eigenvalue weighted by Crippen LogP contribution is -1.91. The van der Waals surface area contributed by atoms with E-state index in [1.54, 1.807) is 23.9 Å². The predicted octanol–water partition coefficient (Wildman–Crippen LogP) is 2.36. The normalized spacial score (nSPS) is 10.4. The highest BCUT2D eigenvalue weighted by Gasteiger charge is 1.99. The van der Waals surface area contributed by atoms with Crippen LogP contribution in [0.4, 0.5) is 4.39 Å². The first-order chi connectivity index (χ1) is 6.24. The lowest BCUT2D eigenvalue weighted by Gasteiger charge is -2.04. The molecular formula is C10H13FOS. The molecule has 0 saturated heterocycles. The summed E-state index contributed by atoms with van der Waals surface area (Å²) in [6, 6.07) is 4.80. The highest BCUT2D eigenvalue weighted by atomic mass is 32.2. The number of hydrogen-bond acceptors (Lipinski definition) is 2. The molecule has 72 valence electrons. The van der Waals surface area contributed by atoms with Crippen molar-refractivity contribution in [3.8, 4) is 0 Å². The Hall–Kier alpha value is -0.540. The topological polar surface area (TPSA) is 20.2 Å². The van der Waals surface area contributed by atoms with Crippen LogP contribution in [-0.4, -0.2) is 17.5 Å². The highest BCUT2D eigenvalue weighted by Crippen LogP contribution is 2.16. The maximum Gasteiger partial charge on any atom is 0.123 e. The van der Waals surface area contributed by atoms with Crippen molar-refractivity contribution in [1.29, 1.82) is 0 Å². The summed E-state index contributed by atoms with van der Waals surface area (Å²) in [6.45, 7) is 2.15. The Labute approximate surface area is 82.0 Å². The first kappa shape index (κ1) is 10.5. The van der Waals surface area contributed by atoms with Gasteiger partial charge in [0.2, 0.25) is 0 Å². The molecule has 0 amide bonds. The van der Waals surface area contributed by atoms with E-state index in [-0.39, 0.29) is 12.4 Å². The van der Waals surface area contributed by atoms with Crippen molar-refractivity contribution in [2.24, 2.45) is 0 Å². The van der Waals surface area contributed by atoms with Crippen LogP contribution in [0.15, 0.2) is 18.2 Å². The van der Waals surface area contributed by atoms with Crippen LogP contribution in [0.3, 0.4) is 0 Å². The van der Waals surface area contributed by atoms with Crippen molar-refractivity contribution >= 4 is 11.8 Å². The van der Waals surface area contributed by atoms with Crippen LogP contribution in [0.5, 0.6) is 0 Å². The van der Waals surface area contributed by atoms with E-state index in [1.807, 2.05) is 6.92 Å². The van der Waals surface area contributed by atoms with Crippen LogP contribution in [0, 0.1) is 12.7 Å². The van der Waals surface area contributed by atoms with Crippen molar-refractivity contribution < 1.29 is 9.50 Å². The average Bonchev–Trinajstić information content (AvgIpc) is 2.11. The van der Waals surface area contributed by atoms with Crippen molar-refractivity contribution in [3.05, 3.63) is 35.1 Å². The van der Waals surface area contributed by atoms with Gasteiger partial charge < -0.3 is 5.11 Å². The molecule has 0 unspecified atom stereocenters. The highest BCUT2D eigenvalue weighted by molar-refractivity contribution is 7.98. The lowest BCUT2D eigenvalue weighted by molar-refractivity contribution is 0.322. The third-order valence-corrected chi connectivity index (χ3v) is 2.79. The standard InChI is InChI=1S/C10H13FOS/c1-8-2-3-10(11)6-9(8)7-13-5-4-12/h2-3,6,12H,4-5,7H2,1H3. The zero-order valence-electron chi connectivity index (χ0n) is 7.59. The number of thioether (sulfide) groups is 1. The Morgan fingerprint density at radius 1 is 1.46 bits per heavy atom. The van der Waals surface area contributed by atoms with E-state index < -0.39 is 0 Å². The van der Waals surface area contributed by atoms with Crippen LogP contribution in [-0.2, 0) is 5.75 Å². The molecule has 0 aliphatic rings. The Bertz CT molecular complexity index is 276. The molecule has 3 heteroatoms. The molecule has 0 aromatic heterocycles. The van der Waals surface area contributed by atoms with E-state index >= 15 is 0 Å². The molecule has 0 aliphatic carbocycles. The SMILES string of the molecule is Cc1ccc(F)cc1CSCCO. The fourth-order valence-electron chi connectivity index (χ4n) is 1.04. The first-order valence-corrected chi connectivity index (χ1v) is 5.33. The second-order valence-corrected chi connectivity index (χ2v) is 3.95. The molecular weight excluding hydrogens is 187 g/mol. The Kier molecular flexibility index (Phi) is 4.25. The quantitative estimate of drug-likeness (QED) is 0.753. The smallest absolute Gasteiger partial charge is 0.123 e. The molecule has 1 nitrogen and oxygen atoms in total. The van der Waals surface area contributed by atoms with Crippen molar-refractivity contribution in [1.82, 2.24) is 0 Å². The van der Waals surface area contributed by atoms with Gasteiger partial charge in [-0.05, 0) is 30.2 Å². The Morgan fingerprint density at radius 3 is 2.92 bits per heavy atom. The van der Waals surface area contributed by atoms with Gasteiger partial charge in [0.25, 0.3) is 0 Å². The molecule has 0 fully saturated rings. The van der Waals surface area contributed by atoms with E-state index in [2.05, 4.69) is 0 Å². The number of aryl methyl sites for hydroxylation is 1. The molecule has 1 rings (SSSR count). The minimum atomic E-state index is -0.190. The van der Waals surface area contributed by atoms with Gasteiger partial charge >= 0.3 is 0 Å². The summed E-state index contributed by atoms with van der Waals surface area (Å²) < 4.78 is 12.8. The van der Waals surface area contributed by atoms with Gasteiger partial charge in [-0.1, -0.05) is 6.07 Å². The summed E-state index contributed by atoms with van der Waals surface area (Å²) in [5, 5.41) is 8.57. The number of benzene rings is 1. The van der Waals surface area contributed by atoms with Gasteiger partial charge in [-0.25, -0.2) is 4.39 Å². The van der Waals surface area contributed by atoms with Gasteiger partial charge in [-0.2, -0.15) is 11.8 Å². The maximum absolute atomic E-state index is 12.8. The summed E-state index contributed by atoms with van der Waals surface area (Å²) in [4.78, 5) is 0. The maximum atomic E-state index is 12.8. The molecule has 0 saturated carbocycles. The zero-order valence-corrected chi connectivity index (χ0v) is 8.40. The molecule has 0 atom stereocenters. The molecule has 0 bridgehead atoms. The minimum Gasteiger partial charge on any atom is -0.396 e. The fraction of sp³-hybridized carbons (Fsp3) is 0.400. The summed E-state index contributed by atoms with van der Waals surface area (Å²) in [6.07, 6.45) is 0. The fourth-order valence-corrected chi connectivity index (χ4v) is 1.85. The van der Waals surface area contributed by atoms with Crippen LogP contribution in [0.25, 0.3) is 0 Å². The molecule has 0 aliphatic heterocycles. The van der Waals surface area contributed by atoms with Crippen molar-refractivity contribution in [2.75, 3.05) is 12.4 Å².